The molecular weight excluding hydrogens is 529 g/mol. The van der Waals surface area contributed by atoms with Gasteiger partial charge in [-0.05, 0) is 36.1 Å². The van der Waals surface area contributed by atoms with E-state index in [2.05, 4.69) is 5.32 Å². The minimum absolute atomic E-state index is 0.0178. The first-order valence-electron chi connectivity index (χ1n) is 13.4. The fourth-order valence-electron chi connectivity index (χ4n) is 4.38. The average Bonchev–Trinajstić information content (AvgIpc) is 2.92. The third kappa shape index (κ3) is 9.19. The lowest BCUT2D eigenvalue weighted by atomic mass is 10.0. The molecule has 0 spiro atoms. The van der Waals surface area contributed by atoms with Crippen LogP contribution in [0, 0.1) is 11.7 Å². The number of para-hydroxylation sites is 1. The van der Waals surface area contributed by atoms with Crippen molar-refractivity contribution in [2.75, 3.05) is 23.7 Å². The van der Waals surface area contributed by atoms with E-state index < -0.39 is 21.9 Å². The topological polar surface area (TPSA) is 86.8 Å². The van der Waals surface area contributed by atoms with Gasteiger partial charge in [0.15, 0.2) is 0 Å². The van der Waals surface area contributed by atoms with Crippen LogP contribution >= 0.6 is 0 Å². The van der Waals surface area contributed by atoms with Crippen molar-refractivity contribution in [3.8, 4) is 0 Å². The summed E-state index contributed by atoms with van der Waals surface area (Å²) in [5.74, 6) is -0.930. The van der Waals surface area contributed by atoms with Crippen molar-refractivity contribution >= 4 is 27.5 Å². The third-order valence-electron chi connectivity index (χ3n) is 6.45. The molecule has 1 unspecified atom stereocenters. The summed E-state index contributed by atoms with van der Waals surface area (Å²) in [5.41, 5.74) is 1.68. The molecule has 3 aromatic rings. The summed E-state index contributed by atoms with van der Waals surface area (Å²) in [7, 11) is -3.58. The lowest BCUT2D eigenvalue weighted by Crippen LogP contribution is -2.51. The molecule has 0 fully saturated rings. The lowest BCUT2D eigenvalue weighted by Gasteiger charge is -2.32. The molecular formula is C31H38FN3O4S. The normalized spacial score (nSPS) is 12.1. The highest BCUT2D eigenvalue weighted by Crippen LogP contribution is 2.20. The molecule has 3 rings (SSSR count). The Morgan fingerprint density at radius 3 is 2.10 bits per heavy atom. The molecule has 0 aliphatic heterocycles. The van der Waals surface area contributed by atoms with Gasteiger partial charge in [-0.2, -0.15) is 0 Å². The Labute approximate surface area is 237 Å². The van der Waals surface area contributed by atoms with Crippen molar-refractivity contribution in [2.45, 2.75) is 45.7 Å². The van der Waals surface area contributed by atoms with Crippen molar-refractivity contribution in [3.05, 3.63) is 102 Å². The van der Waals surface area contributed by atoms with Crippen LogP contribution in [0.25, 0.3) is 0 Å². The molecule has 1 N–H and O–H groups in total. The number of nitrogens with one attached hydrogen (secondary N) is 1. The number of carbonyl (C=O) groups excluding carboxylic acids is 2. The maximum Gasteiger partial charge on any atom is 0.243 e. The molecule has 40 heavy (non-hydrogen) atoms. The fraction of sp³-hybridized carbons (Fsp3) is 0.355. The monoisotopic (exact) mass is 567 g/mol. The summed E-state index contributed by atoms with van der Waals surface area (Å²) >= 11 is 0. The molecule has 0 heterocycles. The highest BCUT2D eigenvalue weighted by molar-refractivity contribution is 7.92. The van der Waals surface area contributed by atoms with Gasteiger partial charge in [-0.15, -0.1) is 0 Å². The molecule has 3 aromatic carbocycles. The predicted molar refractivity (Wildman–Crippen MR) is 157 cm³/mol. The Morgan fingerprint density at radius 1 is 0.900 bits per heavy atom. The predicted octanol–water partition coefficient (Wildman–Crippen LogP) is 4.78. The average molecular weight is 568 g/mol. The number of halogens is 1. The van der Waals surface area contributed by atoms with E-state index in [0.29, 0.717) is 17.8 Å². The molecule has 9 heteroatoms. The van der Waals surface area contributed by atoms with E-state index >= 15 is 0 Å². The van der Waals surface area contributed by atoms with E-state index in [1.807, 2.05) is 44.2 Å². The molecule has 0 saturated carbocycles. The maximum atomic E-state index is 14.7. The van der Waals surface area contributed by atoms with E-state index in [0.717, 1.165) is 11.8 Å². The Kier molecular flexibility index (Phi) is 11.3. The van der Waals surface area contributed by atoms with Crippen LogP contribution in [0.3, 0.4) is 0 Å². The molecule has 0 saturated heterocycles. The second kappa shape index (κ2) is 14.6. The van der Waals surface area contributed by atoms with Gasteiger partial charge in [-0.1, -0.05) is 80.6 Å². The lowest BCUT2D eigenvalue weighted by molar-refractivity contribution is -0.141. The molecule has 1 atom stereocenters. The number of carbonyl (C=O) groups is 2. The zero-order chi connectivity index (χ0) is 29.1. The van der Waals surface area contributed by atoms with Crippen LogP contribution in [-0.4, -0.2) is 50.5 Å². The number of anilines is 1. The molecule has 2 amide bonds. The van der Waals surface area contributed by atoms with E-state index in [4.69, 9.17) is 0 Å². The second-order valence-electron chi connectivity index (χ2n) is 10.2. The molecule has 214 valence electrons. The standard InChI is InChI=1S/C31H38FN3O4S/c1-24(2)22-33-31(37)29(21-25-13-6-4-7-14-25)34(23-26-15-10-11-18-28(26)32)30(36)19-12-20-35(40(3,38)39)27-16-8-5-9-17-27/h4-11,13-18,24,29H,12,19-23H2,1-3H3,(H,33,37). The van der Waals surface area contributed by atoms with Gasteiger partial charge in [0.1, 0.15) is 11.9 Å². The van der Waals surface area contributed by atoms with Crippen LogP contribution < -0.4 is 9.62 Å². The van der Waals surface area contributed by atoms with Gasteiger partial charge in [-0.3, -0.25) is 13.9 Å². The summed E-state index contributed by atoms with van der Waals surface area (Å²) < 4.78 is 41.0. The Balaban J connectivity index is 1.88. The summed E-state index contributed by atoms with van der Waals surface area (Å²) in [6, 6.07) is 23.4. The SMILES string of the molecule is CC(C)CNC(=O)C(Cc1ccccc1)N(Cc1ccccc1F)C(=O)CCCN(c1ccccc1)S(C)(=O)=O. The molecule has 0 aromatic heterocycles. The van der Waals surface area contributed by atoms with E-state index in [1.165, 1.54) is 15.3 Å². The van der Waals surface area contributed by atoms with Crippen molar-refractivity contribution < 1.29 is 22.4 Å². The minimum Gasteiger partial charge on any atom is -0.354 e. The first kappa shape index (κ1) is 30.8. The zero-order valence-electron chi connectivity index (χ0n) is 23.3. The summed E-state index contributed by atoms with van der Waals surface area (Å²) in [6.45, 7) is 4.40. The molecule has 0 aliphatic carbocycles. The number of hydrogen-bond acceptors (Lipinski definition) is 4. The summed E-state index contributed by atoms with van der Waals surface area (Å²) in [4.78, 5) is 28.7. The van der Waals surface area contributed by atoms with Crippen molar-refractivity contribution in [1.82, 2.24) is 10.2 Å². The number of benzene rings is 3. The highest BCUT2D eigenvalue weighted by Gasteiger charge is 2.31. The number of amides is 2. The summed E-state index contributed by atoms with van der Waals surface area (Å²) in [5, 5.41) is 2.94. The first-order chi connectivity index (χ1) is 19.1. The second-order valence-corrected chi connectivity index (χ2v) is 12.1. The quantitative estimate of drug-likeness (QED) is 0.304. The van der Waals surface area contributed by atoms with E-state index in [9.17, 15) is 22.4 Å². The smallest absolute Gasteiger partial charge is 0.243 e. The van der Waals surface area contributed by atoms with Crippen LogP contribution in [0.15, 0.2) is 84.9 Å². The Hall–Kier alpha value is -3.72. The van der Waals surface area contributed by atoms with Crippen LogP contribution in [0.5, 0.6) is 0 Å². The van der Waals surface area contributed by atoms with Gasteiger partial charge in [0.05, 0.1) is 11.9 Å². The Bertz CT molecular complexity index is 1350. The minimum atomic E-state index is -3.58. The van der Waals surface area contributed by atoms with Crippen LogP contribution in [0.2, 0.25) is 0 Å². The third-order valence-corrected chi connectivity index (χ3v) is 7.64. The van der Waals surface area contributed by atoms with Crippen LogP contribution in [-0.2, 0) is 32.6 Å². The van der Waals surface area contributed by atoms with E-state index in [1.54, 1.807) is 48.5 Å². The highest BCUT2D eigenvalue weighted by atomic mass is 32.2. The molecule has 0 bridgehead atoms. The number of sulfonamides is 1. The van der Waals surface area contributed by atoms with Gasteiger partial charge in [0, 0.05) is 38.0 Å². The Morgan fingerprint density at radius 2 is 1.50 bits per heavy atom. The molecule has 0 radical (unpaired) electrons. The van der Waals surface area contributed by atoms with Gasteiger partial charge in [0.2, 0.25) is 21.8 Å². The summed E-state index contributed by atoms with van der Waals surface area (Å²) in [6.07, 6.45) is 1.59. The first-order valence-corrected chi connectivity index (χ1v) is 15.3. The van der Waals surface area contributed by atoms with E-state index in [-0.39, 0.29) is 50.1 Å². The van der Waals surface area contributed by atoms with Crippen LogP contribution in [0.1, 0.15) is 37.8 Å². The molecule has 7 nitrogen and oxygen atoms in total. The van der Waals surface area contributed by atoms with Crippen molar-refractivity contribution in [2.24, 2.45) is 5.92 Å². The molecule has 0 aliphatic rings. The number of nitrogens with zero attached hydrogens (tertiary/aromatic N) is 2. The maximum absolute atomic E-state index is 14.7. The number of rotatable bonds is 14. The largest absolute Gasteiger partial charge is 0.354 e. The fourth-order valence-corrected chi connectivity index (χ4v) is 5.35. The van der Waals surface area contributed by atoms with Crippen LogP contribution in [0.4, 0.5) is 10.1 Å². The van der Waals surface area contributed by atoms with Crippen molar-refractivity contribution in [3.63, 3.8) is 0 Å². The van der Waals surface area contributed by atoms with Gasteiger partial charge in [-0.25, -0.2) is 12.8 Å². The van der Waals surface area contributed by atoms with Gasteiger partial charge in [0.25, 0.3) is 0 Å². The number of hydrogen-bond donors (Lipinski definition) is 1. The van der Waals surface area contributed by atoms with Gasteiger partial charge < -0.3 is 10.2 Å². The zero-order valence-corrected chi connectivity index (χ0v) is 24.1. The van der Waals surface area contributed by atoms with Crippen molar-refractivity contribution in [1.29, 1.82) is 0 Å². The van der Waals surface area contributed by atoms with Gasteiger partial charge >= 0.3 is 0 Å².